The zero-order chi connectivity index (χ0) is 15.6. The Morgan fingerprint density at radius 1 is 1.10 bits per heavy atom. The number of hydrogen-bond donors (Lipinski definition) is 1. The third kappa shape index (κ3) is 8.47. The number of carbonyl (C=O) groups excluding carboxylic acids is 1. The lowest BCUT2D eigenvalue weighted by molar-refractivity contribution is -0.140. The second kappa shape index (κ2) is 9.52. The normalized spacial score (nSPS) is 11.3. The molecule has 0 aliphatic carbocycles. The van der Waals surface area contributed by atoms with E-state index in [1.165, 1.54) is 7.11 Å². The Morgan fingerprint density at radius 3 is 2.43 bits per heavy atom. The van der Waals surface area contributed by atoms with E-state index in [0.717, 1.165) is 31.2 Å². The summed E-state index contributed by atoms with van der Waals surface area (Å²) >= 11 is 0. The molecule has 0 saturated carbocycles. The van der Waals surface area contributed by atoms with Gasteiger partial charge in [0.05, 0.1) is 12.9 Å². The molecule has 0 radical (unpaired) electrons. The van der Waals surface area contributed by atoms with Gasteiger partial charge in [0, 0.05) is 13.0 Å². The summed E-state index contributed by atoms with van der Waals surface area (Å²) in [6.45, 7) is 0.438. The van der Waals surface area contributed by atoms with Crippen molar-refractivity contribution in [1.29, 1.82) is 0 Å². The average Bonchev–Trinajstić information content (AvgIpc) is 2.46. The van der Waals surface area contributed by atoms with E-state index in [-0.39, 0.29) is 11.7 Å². The van der Waals surface area contributed by atoms with Crippen LogP contribution in [0.25, 0.3) is 0 Å². The van der Waals surface area contributed by atoms with Crippen molar-refractivity contribution >= 4 is 16.0 Å². The summed E-state index contributed by atoms with van der Waals surface area (Å²) in [5.74, 6) is -0.186. The van der Waals surface area contributed by atoms with Crippen LogP contribution < -0.4 is 4.72 Å². The van der Waals surface area contributed by atoms with E-state index in [0.29, 0.717) is 13.0 Å². The molecule has 5 nitrogen and oxygen atoms in total. The Hall–Kier alpha value is -1.40. The van der Waals surface area contributed by atoms with Crippen molar-refractivity contribution in [2.75, 3.05) is 13.7 Å². The molecule has 6 heteroatoms. The summed E-state index contributed by atoms with van der Waals surface area (Å²) in [6.07, 6.45) is 3.77. The Morgan fingerprint density at radius 2 is 1.76 bits per heavy atom. The molecule has 0 atom stereocenters. The van der Waals surface area contributed by atoms with Gasteiger partial charge in [-0.15, -0.1) is 0 Å². The van der Waals surface area contributed by atoms with Crippen LogP contribution in [0.3, 0.4) is 0 Å². The molecule has 0 spiro atoms. The van der Waals surface area contributed by atoms with Gasteiger partial charge < -0.3 is 4.74 Å². The van der Waals surface area contributed by atoms with Crippen LogP contribution in [0, 0.1) is 0 Å². The monoisotopic (exact) mass is 313 g/mol. The van der Waals surface area contributed by atoms with Gasteiger partial charge in [-0.25, -0.2) is 13.1 Å². The number of methoxy groups -OCH3 is 1. The molecule has 0 amide bonds. The van der Waals surface area contributed by atoms with E-state index in [2.05, 4.69) is 9.46 Å². The number of carbonyl (C=O) groups is 1. The standard InChI is InChI=1S/C15H23NO4S/c1-20-15(17)11-7-2-3-8-12-16-21(18,19)13-14-9-5-4-6-10-14/h4-6,9-10,16H,2-3,7-8,11-13H2,1H3. The number of benzene rings is 1. The molecule has 118 valence electrons. The molecule has 0 aromatic heterocycles. The largest absolute Gasteiger partial charge is 0.469 e. The second-order valence-electron chi connectivity index (χ2n) is 4.88. The van der Waals surface area contributed by atoms with Gasteiger partial charge in [0.25, 0.3) is 0 Å². The quantitative estimate of drug-likeness (QED) is 0.531. The Bertz CT molecular complexity index is 514. The molecule has 1 rings (SSSR count). The molecule has 0 fully saturated rings. The van der Waals surface area contributed by atoms with Gasteiger partial charge in [0.2, 0.25) is 10.0 Å². The van der Waals surface area contributed by atoms with Crippen LogP contribution in [0.2, 0.25) is 0 Å². The van der Waals surface area contributed by atoms with Gasteiger partial charge in [-0.2, -0.15) is 0 Å². The van der Waals surface area contributed by atoms with Crippen molar-refractivity contribution < 1.29 is 17.9 Å². The van der Waals surface area contributed by atoms with Crippen LogP contribution in [-0.4, -0.2) is 28.0 Å². The topological polar surface area (TPSA) is 72.5 Å². The molecular formula is C15H23NO4S. The van der Waals surface area contributed by atoms with Gasteiger partial charge in [-0.05, 0) is 18.4 Å². The number of esters is 1. The Kier molecular flexibility index (Phi) is 8.00. The first kappa shape index (κ1) is 17.7. The van der Waals surface area contributed by atoms with Crippen molar-refractivity contribution in [3.63, 3.8) is 0 Å². The van der Waals surface area contributed by atoms with Crippen LogP contribution in [0.4, 0.5) is 0 Å². The van der Waals surface area contributed by atoms with Crippen molar-refractivity contribution in [1.82, 2.24) is 4.72 Å². The molecule has 0 heterocycles. The summed E-state index contributed by atoms with van der Waals surface area (Å²) in [7, 11) is -1.89. The van der Waals surface area contributed by atoms with E-state index >= 15 is 0 Å². The summed E-state index contributed by atoms with van der Waals surface area (Å²) in [5, 5.41) is 0. The third-order valence-electron chi connectivity index (χ3n) is 3.06. The molecule has 0 aliphatic rings. The fourth-order valence-electron chi connectivity index (χ4n) is 1.92. The Labute approximate surface area is 126 Å². The third-order valence-corrected chi connectivity index (χ3v) is 4.41. The highest BCUT2D eigenvalue weighted by Crippen LogP contribution is 2.06. The highest BCUT2D eigenvalue weighted by molar-refractivity contribution is 7.88. The fourth-order valence-corrected chi connectivity index (χ4v) is 3.11. The molecule has 0 saturated heterocycles. The van der Waals surface area contributed by atoms with Crippen molar-refractivity contribution in [2.45, 2.75) is 37.9 Å². The summed E-state index contributed by atoms with van der Waals surface area (Å²) in [6, 6.07) is 9.11. The maximum absolute atomic E-state index is 11.8. The number of ether oxygens (including phenoxy) is 1. The SMILES string of the molecule is COC(=O)CCCCCCNS(=O)(=O)Cc1ccccc1. The van der Waals surface area contributed by atoms with E-state index in [4.69, 9.17) is 0 Å². The van der Waals surface area contributed by atoms with E-state index in [9.17, 15) is 13.2 Å². The lowest BCUT2D eigenvalue weighted by atomic mass is 10.1. The minimum Gasteiger partial charge on any atom is -0.469 e. The van der Waals surface area contributed by atoms with Crippen LogP contribution in [0.5, 0.6) is 0 Å². The molecule has 0 bridgehead atoms. The van der Waals surface area contributed by atoms with Crippen molar-refractivity contribution in [3.05, 3.63) is 35.9 Å². The number of unbranched alkanes of at least 4 members (excludes halogenated alkanes) is 3. The molecule has 1 aromatic rings. The van der Waals surface area contributed by atoms with Gasteiger partial charge in [0.15, 0.2) is 0 Å². The second-order valence-corrected chi connectivity index (χ2v) is 6.69. The highest BCUT2D eigenvalue weighted by atomic mass is 32.2. The molecule has 1 N–H and O–H groups in total. The first-order valence-corrected chi connectivity index (χ1v) is 8.77. The minimum absolute atomic E-state index is 0.0101. The minimum atomic E-state index is -3.27. The van der Waals surface area contributed by atoms with E-state index in [1.807, 2.05) is 18.2 Å². The zero-order valence-corrected chi connectivity index (χ0v) is 13.2. The van der Waals surface area contributed by atoms with Crippen LogP contribution in [0.15, 0.2) is 30.3 Å². The molecule has 21 heavy (non-hydrogen) atoms. The highest BCUT2D eigenvalue weighted by Gasteiger charge is 2.10. The molecule has 1 aromatic carbocycles. The lowest BCUT2D eigenvalue weighted by Crippen LogP contribution is -2.26. The average molecular weight is 313 g/mol. The van der Waals surface area contributed by atoms with Gasteiger partial charge in [0.1, 0.15) is 0 Å². The first-order chi connectivity index (χ1) is 10.0. The molecular weight excluding hydrogens is 290 g/mol. The number of sulfonamides is 1. The van der Waals surface area contributed by atoms with E-state index in [1.54, 1.807) is 12.1 Å². The predicted molar refractivity (Wildman–Crippen MR) is 82.2 cm³/mol. The van der Waals surface area contributed by atoms with Crippen LogP contribution >= 0.6 is 0 Å². The number of hydrogen-bond acceptors (Lipinski definition) is 4. The summed E-state index contributed by atoms with van der Waals surface area (Å²) < 4.78 is 30.8. The van der Waals surface area contributed by atoms with Crippen LogP contribution in [0.1, 0.15) is 37.7 Å². The fraction of sp³-hybridized carbons (Fsp3) is 0.533. The molecule has 0 unspecified atom stereocenters. The molecule has 0 aliphatic heterocycles. The lowest BCUT2D eigenvalue weighted by Gasteiger charge is -2.06. The smallest absolute Gasteiger partial charge is 0.305 e. The predicted octanol–water partition coefficient (Wildman–Crippen LogP) is 2.23. The maximum Gasteiger partial charge on any atom is 0.305 e. The van der Waals surface area contributed by atoms with Gasteiger partial charge >= 0.3 is 5.97 Å². The summed E-state index contributed by atoms with van der Waals surface area (Å²) in [5.41, 5.74) is 0.781. The number of nitrogens with one attached hydrogen (secondary N) is 1. The van der Waals surface area contributed by atoms with Crippen molar-refractivity contribution in [2.24, 2.45) is 0 Å². The maximum atomic E-state index is 11.8. The van der Waals surface area contributed by atoms with Crippen molar-refractivity contribution in [3.8, 4) is 0 Å². The van der Waals surface area contributed by atoms with Gasteiger partial charge in [-0.1, -0.05) is 43.2 Å². The van der Waals surface area contributed by atoms with Gasteiger partial charge in [-0.3, -0.25) is 4.79 Å². The van der Waals surface area contributed by atoms with E-state index < -0.39 is 10.0 Å². The van der Waals surface area contributed by atoms with Crippen LogP contribution in [-0.2, 0) is 25.3 Å². The summed E-state index contributed by atoms with van der Waals surface area (Å²) in [4.78, 5) is 10.9. The first-order valence-electron chi connectivity index (χ1n) is 7.11. The Balaban J connectivity index is 2.13. The zero-order valence-electron chi connectivity index (χ0n) is 12.4. The number of rotatable bonds is 10.